The van der Waals surface area contributed by atoms with Gasteiger partial charge in [0, 0.05) is 33.9 Å². The number of carboxylic acid groups (broad SMARTS) is 1. The van der Waals surface area contributed by atoms with Gasteiger partial charge in [0.1, 0.15) is 11.2 Å². The average Bonchev–Trinajstić information content (AvgIpc) is 3.21. The van der Waals surface area contributed by atoms with Crippen molar-refractivity contribution in [3.63, 3.8) is 0 Å². The summed E-state index contributed by atoms with van der Waals surface area (Å²) in [6.45, 7) is 1.81. The van der Waals surface area contributed by atoms with E-state index < -0.39 is 11.6 Å². The highest BCUT2D eigenvalue weighted by Gasteiger charge is 2.16. The van der Waals surface area contributed by atoms with E-state index in [1.165, 1.54) is 0 Å². The normalized spacial score (nSPS) is 11.3. The zero-order valence-corrected chi connectivity index (χ0v) is 17.4. The van der Waals surface area contributed by atoms with Gasteiger partial charge in [-0.15, -0.1) is 0 Å². The van der Waals surface area contributed by atoms with Crippen LogP contribution >= 0.6 is 0 Å². The number of aliphatic carboxylic acids is 1. The Kier molecular flexibility index (Phi) is 4.86. The summed E-state index contributed by atoms with van der Waals surface area (Å²) in [6.07, 6.45) is 1.54. The first kappa shape index (κ1) is 19.8. The number of aryl methyl sites for hydroxylation is 1. The van der Waals surface area contributed by atoms with Crippen LogP contribution in [0.2, 0.25) is 0 Å². The maximum atomic E-state index is 12.4. The third kappa shape index (κ3) is 3.48. The first-order valence-corrected chi connectivity index (χ1v) is 10.3. The van der Waals surface area contributed by atoms with Crippen LogP contribution in [-0.2, 0) is 11.2 Å². The van der Waals surface area contributed by atoms with Crippen LogP contribution in [0, 0.1) is 6.92 Å². The van der Waals surface area contributed by atoms with Crippen LogP contribution in [0.4, 0.5) is 0 Å². The SMILES string of the molecule is Cc1c(CCC(=O)[O-])c(=O)oc2cc3occ(-c4ccc(-c5ccccc5)cc4)c3cc12. The number of hydrogen-bond donors (Lipinski definition) is 0. The lowest BCUT2D eigenvalue weighted by Gasteiger charge is -2.09. The van der Waals surface area contributed by atoms with Crippen molar-refractivity contribution in [3.05, 3.63) is 94.5 Å². The minimum absolute atomic E-state index is 0.0731. The van der Waals surface area contributed by atoms with E-state index in [0.717, 1.165) is 33.0 Å². The second-order valence-corrected chi connectivity index (χ2v) is 7.80. The average molecular weight is 423 g/mol. The van der Waals surface area contributed by atoms with Gasteiger partial charge in [-0.25, -0.2) is 4.79 Å². The van der Waals surface area contributed by atoms with E-state index in [0.29, 0.717) is 22.3 Å². The van der Waals surface area contributed by atoms with Crippen molar-refractivity contribution in [2.75, 3.05) is 0 Å². The van der Waals surface area contributed by atoms with E-state index >= 15 is 0 Å². The van der Waals surface area contributed by atoms with Gasteiger partial charge in [0.25, 0.3) is 0 Å². The predicted molar refractivity (Wildman–Crippen MR) is 121 cm³/mol. The van der Waals surface area contributed by atoms with Gasteiger partial charge in [-0.1, -0.05) is 54.6 Å². The summed E-state index contributed by atoms with van der Waals surface area (Å²) in [7, 11) is 0. The molecule has 0 unspecified atom stereocenters. The van der Waals surface area contributed by atoms with Crippen molar-refractivity contribution < 1.29 is 18.7 Å². The van der Waals surface area contributed by atoms with Gasteiger partial charge in [-0.3, -0.25) is 0 Å². The van der Waals surface area contributed by atoms with Gasteiger partial charge in [0.05, 0.1) is 6.26 Å². The third-order valence-corrected chi connectivity index (χ3v) is 5.86. The number of carbonyl (C=O) groups excluding carboxylic acids is 1. The van der Waals surface area contributed by atoms with Crippen molar-refractivity contribution in [3.8, 4) is 22.3 Å². The van der Waals surface area contributed by atoms with Crippen molar-refractivity contribution in [1.82, 2.24) is 0 Å². The molecular weight excluding hydrogens is 404 g/mol. The number of carbonyl (C=O) groups is 1. The Bertz CT molecular complexity index is 1510. The lowest BCUT2D eigenvalue weighted by molar-refractivity contribution is -0.305. The van der Waals surface area contributed by atoms with Gasteiger partial charge < -0.3 is 18.7 Å². The molecule has 5 rings (SSSR count). The highest BCUT2D eigenvalue weighted by atomic mass is 16.4. The molecule has 0 saturated heterocycles. The predicted octanol–water partition coefficient (Wildman–Crippen LogP) is 4.86. The molecule has 0 N–H and O–H groups in total. The number of carboxylic acids is 1. The molecule has 2 aromatic heterocycles. The van der Waals surface area contributed by atoms with E-state index in [9.17, 15) is 14.7 Å². The molecule has 3 aromatic carbocycles. The monoisotopic (exact) mass is 423 g/mol. The fourth-order valence-corrected chi connectivity index (χ4v) is 4.12. The second-order valence-electron chi connectivity index (χ2n) is 7.80. The summed E-state index contributed by atoms with van der Waals surface area (Å²) >= 11 is 0. The minimum atomic E-state index is -1.20. The summed E-state index contributed by atoms with van der Waals surface area (Å²) in [4.78, 5) is 23.2. The first-order valence-electron chi connectivity index (χ1n) is 10.3. The molecule has 0 aliphatic carbocycles. The smallest absolute Gasteiger partial charge is 0.339 e. The number of rotatable bonds is 5. The molecule has 0 amide bonds. The van der Waals surface area contributed by atoms with E-state index in [2.05, 4.69) is 36.4 Å². The van der Waals surface area contributed by atoms with Gasteiger partial charge in [0.15, 0.2) is 0 Å². The Labute approximate surface area is 183 Å². The molecule has 0 radical (unpaired) electrons. The number of furan rings is 1. The third-order valence-electron chi connectivity index (χ3n) is 5.86. The second kappa shape index (κ2) is 7.85. The van der Waals surface area contributed by atoms with Gasteiger partial charge in [0.2, 0.25) is 0 Å². The maximum absolute atomic E-state index is 12.4. The van der Waals surface area contributed by atoms with Crippen LogP contribution in [0.5, 0.6) is 0 Å². The Morgan fingerprint density at radius 1 is 0.875 bits per heavy atom. The summed E-state index contributed by atoms with van der Waals surface area (Å²) < 4.78 is 11.2. The Morgan fingerprint density at radius 3 is 2.28 bits per heavy atom. The van der Waals surface area contributed by atoms with Crippen LogP contribution < -0.4 is 10.7 Å². The van der Waals surface area contributed by atoms with E-state index in [4.69, 9.17) is 8.83 Å². The number of fused-ring (bicyclic) bond motifs is 2. The molecule has 158 valence electrons. The molecule has 0 saturated carbocycles. The lowest BCUT2D eigenvalue weighted by atomic mass is 9.97. The van der Waals surface area contributed by atoms with Crippen molar-refractivity contribution in [2.45, 2.75) is 19.8 Å². The minimum Gasteiger partial charge on any atom is -0.550 e. The Hall–Kier alpha value is -4.12. The quantitative estimate of drug-likeness (QED) is 0.377. The van der Waals surface area contributed by atoms with E-state index in [-0.39, 0.29) is 12.8 Å². The summed E-state index contributed by atoms with van der Waals surface area (Å²) in [5.74, 6) is -1.20. The molecular formula is C27H19O5-. The maximum Gasteiger partial charge on any atom is 0.339 e. The largest absolute Gasteiger partial charge is 0.550 e. The molecule has 0 fully saturated rings. The van der Waals surface area contributed by atoms with E-state index in [1.807, 2.05) is 31.2 Å². The molecule has 32 heavy (non-hydrogen) atoms. The van der Waals surface area contributed by atoms with Crippen molar-refractivity contribution in [2.24, 2.45) is 0 Å². The topological polar surface area (TPSA) is 83.5 Å². The summed E-state index contributed by atoms with van der Waals surface area (Å²) in [5.41, 5.74) is 5.79. The van der Waals surface area contributed by atoms with E-state index in [1.54, 1.807) is 12.3 Å². The molecule has 2 heterocycles. The van der Waals surface area contributed by atoms with Crippen LogP contribution in [-0.4, -0.2) is 5.97 Å². The molecule has 5 nitrogen and oxygen atoms in total. The highest BCUT2D eigenvalue weighted by Crippen LogP contribution is 2.35. The summed E-state index contributed by atoms with van der Waals surface area (Å²) in [6, 6.07) is 22.1. The van der Waals surface area contributed by atoms with Gasteiger partial charge >= 0.3 is 5.63 Å². The highest BCUT2D eigenvalue weighted by molar-refractivity contribution is 6.02. The van der Waals surface area contributed by atoms with Gasteiger partial charge in [-0.2, -0.15) is 0 Å². The first-order chi connectivity index (χ1) is 15.5. The van der Waals surface area contributed by atoms with Crippen LogP contribution in [0.3, 0.4) is 0 Å². The molecule has 0 atom stereocenters. The summed E-state index contributed by atoms with van der Waals surface area (Å²) in [5, 5.41) is 12.5. The van der Waals surface area contributed by atoms with Crippen LogP contribution in [0.25, 0.3) is 44.2 Å². The Balaban J connectivity index is 1.60. The standard InChI is InChI=1S/C27H20O5/c1-16-20(11-12-26(28)29)27(30)32-25-14-24-22(13-21(16)25)23(15-31-24)19-9-7-18(8-10-19)17-5-3-2-4-6-17/h2-10,13-15H,11-12H2,1H3,(H,28,29)/p-1. The fraction of sp³-hybridized carbons (Fsp3) is 0.111. The molecule has 5 aromatic rings. The lowest BCUT2D eigenvalue weighted by Crippen LogP contribution is -2.24. The van der Waals surface area contributed by atoms with Crippen LogP contribution in [0.1, 0.15) is 17.5 Å². The zero-order valence-electron chi connectivity index (χ0n) is 17.4. The Morgan fingerprint density at radius 2 is 1.56 bits per heavy atom. The van der Waals surface area contributed by atoms with Gasteiger partial charge in [-0.05, 0) is 48.1 Å². The molecule has 0 aliphatic heterocycles. The number of hydrogen-bond acceptors (Lipinski definition) is 5. The van der Waals surface area contributed by atoms with Crippen molar-refractivity contribution >= 4 is 27.9 Å². The molecule has 0 aliphatic rings. The molecule has 0 spiro atoms. The number of benzene rings is 3. The zero-order chi connectivity index (χ0) is 22.2. The molecule has 0 bridgehead atoms. The molecule has 5 heteroatoms. The van der Waals surface area contributed by atoms with Crippen molar-refractivity contribution in [1.29, 1.82) is 0 Å². The van der Waals surface area contributed by atoms with Crippen LogP contribution in [0.15, 0.2) is 86.6 Å². The fourth-order valence-electron chi connectivity index (χ4n) is 4.12.